The van der Waals surface area contributed by atoms with E-state index in [4.69, 9.17) is 0 Å². The maximum Gasteiger partial charge on any atom is 0.321 e. The average molecular weight is 375 g/mol. The van der Waals surface area contributed by atoms with E-state index in [2.05, 4.69) is 44.5 Å². The fraction of sp³-hybridized carbons (Fsp3) is 0.318. The Balaban J connectivity index is 1.35. The summed E-state index contributed by atoms with van der Waals surface area (Å²) >= 11 is 0. The quantitative estimate of drug-likeness (QED) is 0.760. The lowest BCUT2D eigenvalue weighted by molar-refractivity contribution is 0.143. The fourth-order valence-corrected chi connectivity index (χ4v) is 3.46. The Kier molecular flexibility index (Phi) is 5.21. The van der Waals surface area contributed by atoms with Gasteiger partial charge in [0.15, 0.2) is 0 Å². The van der Waals surface area contributed by atoms with Gasteiger partial charge in [-0.2, -0.15) is 0 Å². The lowest BCUT2D eigenvalue weighted by Crippen LogP contribution is -2.49. The third-order valence-electron chi connectivity index (χ3n) is 5.24. The number of nitrogens with one attached hydrogen (secondary N) is 1. The van der Waals surface area contributed by atoms with Crippen LogP contribution in [0.15, 0.2) is 48.5 Å². The predicted molar refractivity (Wildman–Crippen MR) is 111 cm³/mol. The maximum absolute atomic E-state index is 12.6. The van der Waals surface area contributed by atoms with E-state index in [0.29, 0.717) is 0 Å². The molecule has 4 rings (SSSR count). The number of nitrogens with zero attached hydrogens (tertiary/aromatic N) is 4. The maximum atomic E-state index is 12.6. The molecule has 0 aliphatic carbocycles. The zero-order chi connectivity index (χ0) is 19.5. The fourth-order valence-electron chi connectivity index (χ4n) is 3.46. The van der Waals surface area contributed by atoms with Gasteiger partial charge in [0, 0.05) is 38.4 Å². The molecule has 0 saturated carbocycles. The number of benzene rings is 2. The van der Waals surface area contributed by atoms with Crippen molar-refractivity contribution < 1.29 is 4.79 Å². The van der Waals surface area contributed by atoms with Crippen molar-refractivity contribution in [2.75, 3.05) is 31.5 Å². The van der Waals surface area contributed by atoms with Crippen LogP contribution in [0.2, 0.25) is 0 Å². The number of amides is 2. The molecule has 0 bridgehead atoms. The molecule has 28 heavy (non-hydrogen) atoms. The molecule has 1 saturated heterocycles. The minimum absolute atomic E-state index is 0.0597. The van der Waals surface area contributed by atoms with E-state index in [9.17, 15) is 4.79 Å². The van der Waals surface area contributed by atoms with Gasteiger partial charge in [0.2, 0.25) is 0 Å². The smallest absolute Gasteiger partial charge is 0.321 e. The van der Waals surface area contributed by atoms with Crippen LogP contribution in [0.3, 0.4) is 0 Å². The molecule has 6 nitrogen and oxygen atoms in total. The van der Waals surface area contributed by atoms with Crippen molar-refractivity contribution in [2.45, 2.75) is 20.4 Å². The van der Waals surface area contributed by atoms with Crippen LogP contribution in [0.25, 0.3) is 11.0 Å². The van der Waals surface area contributed by atoms with Crippen LogP contribution < -0.4 is 5.32 Å². The average Bonchev–Trinajstić information content (AvgIpc) is 2.70. The second-order valence-corrected chi connectivity index (χ2v) is 7.28. The zero-order valence-electron chi connectivity index (χ0n) is 16.4. The number of rotatable bonds is 3. The SMILES string of the molecule is Cc1nc2ccc(NC(=O)N3CCN(Cc4ccccc4)CC3)cc2nc1C. The van der Waals surface area contributed by atoms with E-state index < -0.39 is 0 Å². The number of hydrogen-bond donors (Lipinski definition) is 1. The molecule has 2 aromatic carbocycles. The number of aryl methyl sites for hydroxylation is 2. The molecule has 3 aromatic rings. The molecule has 1 aliphatic rings. The summed E-state index contributed by atoms with van der Waals surface area (Å²) in [6.45, 7) is 8.04. The summed E-state index contributed by atoms with van der Waals surface area (Å²) in [5.74, 6) is 0. The summed E-state index contributed by atoms with van der Waals surface area (Å²) in [5, 5.41) is 3.00. The lowest BCUT2D eigenvalue weighted by Gasteiger charge is -2.34. The van der Waals surface area contributed by atoms with Crippen LogP contribution in [0.5, 0.6) is 0 Å². The van der Waals surface area contributed by atoms with Gasteiger partial charge in [0.05, 0.1) is 22.4 Å². The third-order valence-corrected chi connectivity index (χ3v) is 5.24. The molecular formula is C22H25N5O. The summed E-state index contributed by atoms with van der Waals surface area (Å²) in [6, 6.07) is 16.1. The number of anilines is 1. The third kappa shape index (κ3) is 4.12. The lowest BCUT2D eigenvalue weighted by atomic mass is 10.2. The van der Waals surface area contributed by atoms with E-state index in [1.165, 1.54) is 5.56 Å². The van der Waals surface area contributed by atoms with E-state index in [1.54, 1.807) is 0 Å². The highest BCUT2D eigenvalue weighted by Crippen LogP contribution is 2.18. The van der Waals surface area contributed by atoms with Gasteiger partial charge < -0.3 is 10.2 Å². The monoisotopic (exact) mass is 375 g/mol. The molecule has 1 aliphatic heterocycles. The highest BCUT2D eigenvalue weighted by Gasteiger charge is 2.21. The number of carbonyl (C=O) groups excluding carboxylic acids is 1. The van der Waals surface area contributed by atoms with Crippen LogP contribution >= 0.6 is 0 Å². The largest absolute Gasteiger partial charge is 0.322 e. The second-order valence-electron chi connectivity index (χ2n) is 7.28. The Morgan fingerprint density at radius 1 is 0.929 bits per heavy atom. The number of urea groups is 1. The Bertz CT molecular complexity index is 981. The molecule has 2 amide bonds. The molecule has 1 fully saturated rings. The van der Waals surface area contributed by atoms with Gasteiger partial charge in [-0.1, -0.05) is 30.3 Å². The predicted octanol–water partition coefficient (Wildman–Crippen LogP) is 3.60. The van der Waals surface area contributed by atoms with Crippen LogP contribution in [-0.4, -0.2) is 52.0 Å². The van der Waals surface area contributed by atoms with Gasteiger partial charge in [-0.25, -0.2) is 14.8 Å². The van der Waals surface area contributed by atoms with Crippen molar-refractivity contribution in [1.82, 2.24) is 19.8 Å². The summed E-state index contributed by atoms with van der Waals surface area (Å²) in [7, 11) is 0. The topological polar surface area (TPSA) is 61.4 Å². The standard InChI is InChI=1S/C22H25N5O/c1-16-17(2)24-21-14-19(8-9-20(21)23-16)25-22(28)27-12-10-26(11-13-27)15-18-6-4-3-5-7-18/h3-9,14H,10-13,15H2,1-2H3,(H,25,28). The summed E-state index contributed by atoms with van der Waals surface area (Å²) in [5.41, 5.74) is 5.54. The molecular weight excluding hydrogens is 350 g/mol. The van der Waals surface area contributed by atoms with Gasteiger partial charge >= 0.3 is 6.03 Å². The number of fused-ring (bicyclic) bond motifs is 1. The van der Waals surface area contributed by atoms with E-state index in [-0.39, 0.29) is 6.03 Å². The zero-order valence-corrected chi connectivity index (χ0v) is 16.4. The summed E-state index contributed by atoms with van der Waals surface area (Å²) in [4.78, 5) is 26.0. The summed E-state index contributed by atoms with van der Waals surface area (Å²) in [6.07, 6.45) is 0. The Hall–Kier alpha value is -2.99. The van der Waals surface area contributed by atoms with Gasteiger partial charge in [0.1, 0.15) is 0 Å². The highest BCUT2D eigenvalue weighted by atomic mass is 16.2. The van der Waals surface area contributed by atoms with Gasteiger partial charge in [-0.3, -0.25) is 4.90 Å². The van der Waals surface area contributed by atoms with Crippen LogP contribution in [-0.2, 0) is 6.54 Å². The van der Waals surface area contributed by atoms with Crippen molar-refractivity contribution in [3.05, 3.63) is 65.5 Å². The van der Waals surface area contributed by atoms with Gasteiger partial charge in [-0.05, 0) is 37.6 Å². The van der Waals surface area contributed by atoms with Gasteiger partial charge in [-0.15, -0.1) is 0 Å². The summed E-state index contributed by atoms with van der Waals surface area (Å²) < 4.78 is 0. The molecule has 0 atom stereocenters. The van der Waals surface area contributed by atoms with Crippen molar-refractivity contribution in [2.24, 2.45) is 0 Å². The van der Waals surface area contributed by atoms with Crippen LogP contribution in [0.1, 0.15) is 17.0 Å². The highest BCUT2D eigenvalue weighted by molar-refractivity contribution is 5.92. The Labute approximate surface area is 165 Å². The van der Waals surface area contributed by atoms with Gasteiger partial charge in [0.25, 0.3) is 0 Å². The first-order chi connectivity index (χ1) is 13.6. The molecule has 0 spiro atoms. The normalized spacial score (nSPS) is 15.0. The number of piperazine rings is 1. The molecule has 6 heteroatoms. The molecule has 1 N–H and O–H groups in total. The van der Waals surface area contributed by atoms with E-state index in [0.717, 1.165) is 60.8 Å². The minimum Gasteiger partial charge on any atom is -0.322 e. The first-order valence-corrected chi connectivity index (χ1v) is 9.66. The molecule has 0 unspecified atom stereocenters. The van der Waals surface area contributed by atoms with E-state index >= 15 is 0 Å². The van der Waals surface area contributed by atoms with Crippen molar-refractivity contribution in [3.8, 4) is 0 Å². The molecule has 1 aromatic heterocycles. The minimum atomic E-state index is -0.0597. The Morgan fingerprint density at radius 2 is 1.61 bits per heavy atom. The van der Waals surface area contributed by atoms with Crippen LogP contribution in [0.4, 0.5) is 10.5 Å². The number of aromatic nitrogens is 2. The Morgan fingerprint density at radius 3 is 2.32 bits per heavy atom. The second kappa shape index (κ2) is 7.94. The van der Waals surface area contributed by atoms with Crippen molar-refractivity contribution >= 4 is 22.8 Å². The molecule has 0 radical (unpaired) electrons. The molecule has 2 heterocycles. The first kappa shape index (κ1) is 18.4. The number of carbonyl (C=O) groups is 1. The van der Waals surface area contributed by atoms with E-state index in [1.807, 2.05) is 43.0 Å². The van der Waals surface area contributed by atoms with Crippen LogP contribution in [0, 0.1) is 13.8 Å². The molecule has 144 valence electrons. The first-order valence-electron chi connectivity index (χ1n) is 9.66. The van der Waals surface area contributed by atoms with Crippen molar-refractivity contribution in [1.29, 1.82) is 0 Å². The van der Waals surface area contributed by atoms with Crippen molar-refractivity contribution in [3.63, 3.8) is 0 Å². The number of hydrogen-bond acceptors (Lipinski definition) is 4.